The monoisotopic (exact) mass is 788 g/mol. The van der Waals surface area contributed by atoms with Gasteiger partial charge in [-0.2, -0.15) is 0 Å². The van der Waals surface area contributed by atoms with Gasteiger partial charge in [-0.05, 0) is 62.4 Å². The first-order chi connectivity index (χ1) is 28.1. The minimum Gasteiger partial charge on any atom is -0.277 e. The first kappa shape index (κ1) is 32.1. The molecule has 13 rings (SSSR count). The summed E-state index contributed by atoms with van der Waals surface area (Å²) in [5.41, 5.74) is 12.2. The molecule has 10 nitrogen and oxygen atoms in total. The van der Waals surface area contributed by atoms with Crippen LogP contribution in [-0.4, -0.2) is 67.5 Å². The van der Waals surface area contributed by atoms with Gasteiger partial charge in [0.1, 0.15) is 22.1 Å². The van der Waals surface area contributed by atoms with Crippen LogP contribution in [0.1, 0.15) is 51.2 Å². The number of imide groups is 2. The average Bonchev–Trinajstić information content (AvgIpc) is 4.01. The largest absolute Gasteiger partial charge is 0.277 e. The molecule has 0 saturated heterocycles. The summed E-state index contributed by atoms with van der Waals surface area (Å²) in [4.78, 5) is 82.3. The van der Waals surface area contributed by atoms with E-state index in [1.807, 2.05) is 24.3 Å². The van der Waals surface area contributed by atoms with Crippen LogP contribution in [0.2, 0.25) is 0 Å². The molecule has 4 aromatic heterocycles. The van der Waals surface area contributed by atoms with Crippen molar-refractivity contribution in [3.8, 4) is 65.9 Å². The molecule has 0 unspecified atom stereocenters. The van der Waals surface area contributed by atoms with Gasteiger partial charge in [0.2, 0.25) is 0 Å². The molecule has 58 heavy (non-hydrogen) atoms. The van der Waals surface area contributed by atoms with E-state index in [1.165, 1.54) is 23.9 Å². The maximum atomic E-state index is 13.4. The van der Waals surface area contributed by atoms with E-state index in [1.54, 1.807) is 46.9 Å². The zero-order valence-electron chi connectivity index (χ0n) is 31.1. The lowest BCUT2D eigenvalue weighted by Gasteiger charge is -2.24. The molecule has 12 heteroatoms. The summed E-state index contributed by atoms with van der Waals surface area (Å²) in [6.45, 7) is 4.14. The number of carbonyl (C=O) groups excluding carboxylic acids is 4. The van der Waals surface area contributed by atoms with Crippen molar-refractivity contribution in [1.82, 2.24) is 29.7 Å². The molecule has 4 amide bonds. The third-order valence-corrected chi connectivity index (χ3v) is 14.2. The number of fused-ring (bicyclic) bond motifs is 8. The number of benzene rings is 5. The summed E-state index contributed by atoms with van der Waals surface area (Å²) in [5.74, 6) is -1.34. The third kappa shape index (κ3) is 3.68. The molecular formula is C46H24N6O4S2. The lowest BCUT2D eigenvalue weighted by atomic mass is 9.91. The second-order valence-electron chi connectivity index (χ2n) is 15.3. The highest BCUT2D eigenvalue weighted by Crippen LogP contribution is 2.54. The van der Waals surface area contributed by atoms with Crippen LogP contribution in [0, 0.1) is 13.8 Å². The molecule has 0 radical (unpaired) electrons. The Hall–Kier alpha value is -7.02. The Balaban J connectivity index is 1.18. The normalized spacial score (nSPS) is 14.6. The Morgan fingerprint density at radius 1 is 0.379 bits per heavy atom. The van der Waals surface area contributed by atoms with E-state index < -0.39 is 0 Å². The third-order valence-electron chi connectivity index (χ3n) is 12.2. The van der Waals surface area contributed by atoms with Gasteiger partial charge in [-0.25, -0.2) is 19.9 Å². The van der Waals surface area contributed by atoms with E-state index in [2.05, 4.69) is 38.1 Å². The van der Waals surface area contributed by atoms with E-state index in [0.29, 0.717) is 77.9 Å². The highest BCUT2D eigenvalue weighted by molar-refractivity contribution is 7.16. The molecule has 4 aliphatic rings. The van der Waals surface area contributed by atoms with Gasteiger partial charge >= 0.3 is 0 Å². The van der Waals surface area contributed by atoms with Crippen LogP contribution in [-0.2, 0) is 0 Å². The van der Waals surface area contributed by atoms with Crippen LogP contribution >= 0.6 is 22.7 Å². The van der Waals surface area contributed by atoms with Crippen molar-refractivity contribution in [1.29, 1.82) is 0 Å². The van der Waals surface area contributed by atoms with Crippen LogP contribution in [0.15, 0.2) is 72.8 Å². The van der Waals surface area contributed by atoms with Crippen molar-refractivity contribution < 1.29 is 19.2 Å². The fraction of sp³-hybridized carbons (Fsp3) is 0.0870. The predicted octanol–water partition coefficient (Wildman–Crippen LogP) is 9.70. The lowest BCUT2D eigenvalue weighted by molar-refractivity contribution is 0.0635. The summed E-state index contributed by atoms with van der Waals surface area (Å²) in [6, 6.07) is 23.2. The number of nitrogens with zero attached hydrogens (tertiary/aromatic N) is 6. The maximum Gasteiger partial charge on any atom is 0.261 e. The number of carbonyl (C=O) groups is 4. The Morgan fingerprint density at radius 2 is 0.638 bits per heavy atom. The van der Waals surface area contributed by atoms with Crippen molar-refractivity contribution in [2.24, 2.45) is 0 Å². The number of rotatable bonds is 2. The number of thiophene rings is 2. The highest BCUT2D eigenvalue weighted by Gasteiger charge is 2.39. The zero-order chi connectivity index (χ0) is 39.2. The quantitative estimate of drug-likeness (QED) is 0.125. The van der Waals surface area contributed by atoms with Crippen LogP contribution < -0.4 is 0 Å². The van der Waals surface area contributed by atoms with Crippen molar-refractivity contribution in [2.75, 3.05) is 14.1 Å². The van der Waals surface area contributed by atoms with Gasteiger partial charge in [0.25, 0.3) is 23.6 Å². The number of hydrogen-bond donors (Lipinski definition) is 0. The molecule has 274 valence electrons. The standard InChI is InChI=1S/C46H24N6O4S2/c1-17-5-15-27(57-17)33-39-41(49-37-21-9-13-25-31-23(43(53)51(3)45(25)55)11-7-19(29(21)31)35(37)47-39)34(28-16-6-18(2)58-28)42-40(33)48-36-20-8-12-24-32-26(46(56)52(4)44(24)54)14-10-22(30(20)32)38(36)50-42/h5-16H,1-4H3. The second-order valence-corrected chi connectivity index (χ2v) is 17.9. The van der Waals surface area contributed by atoms with Crippen LogP contribution in [0.4, 0.5) is 0 Å². The Bertz CT molecular complexity index is 3200. The van der Waals surface area contributed by atoms with Gasteiger partial charge in [-0.3, -0.25) is 29.0 Å². The summed E-state index contributed by atoms with van der Waals surface area (Å²) in [6.07, 6.45) is 0. The smallest absolute Gasteiger partial charge is 0.261 e. The molecule has 0 atom stereocenters. The molecule has 0 bridgehead atoms. The van der Waals surface area contributed by atoms with Gasteiger partial charge in [0.05, 0.1) is 22.8 Å². The maximum absolute atomic E-state index is 13.4. The topological polar surface area (TPSA) is 126 Å². The number of amides is 4. The summed E-state index contributed by atoms with van der Waals surface area (Å²) in [7, 11) is 3.03. The van der Waals surface area contributed by atoms with Crippen molar-refractivity contribution in [3.63, 3.8) is 0 Å². The molecule has 0 spiro atoms. The van der Waals surface area contributed by atoms with E-state index in [9.17, 15) is 19.2 Å². The molecule has 0 N–H and O–H groups in total. The van der Waals surface area contributed by atoms with E-state index in [-0.39, 0.29) is 23.6 Å². The first-order valence-corrected chi connectivity index (χ1v) is 20.3. The van der Waals surface area contributed by atoms with Crippen LogP contribution in [0.25, 0.3) is 110 Å². The molecule has 2 aliphatic heterocycles. The van der Waals surface area contributed by atoms with Crippen molar-refractivity contribution in [2.45, 2.75) is 13.8 Å². The zero-order valence-corrected chi connectivity index (χ0v) is 32.7. The van der Waals surface area contributed by atoms with Crippen molar-refractivity contribution >= 4 is 89.9 Å². The lowest BCUT2D eigenvalue weighted by Crippen LogP contribution is -2.36. The molecular weight excluding hydrogens is 765 g/mol. The molecule has 9 aromatic rings. The number of aryl methyl sites for hydroxylation is 2. The number of hydrogen-bond acceptors (Lipinski definition) is 10. The minimum atomic E-state index is -0.335. The van der Waals surface area contributed by atoms with E-state index in [0.717, 1.165) is 63.7 Å². The number of aromatic nitrogens is 4. The molecule has 5 aromatic carbocycles. The van der Waals surface area contributed by atoms with Crippen LogP contribution in [0.5, 0.6) is 0 Å². The molecule has 0 fully saturated rings. The fourth-order valence-corrected chi connectivity index (χ4v) is 11.4. The van der Waals surface area contributed by atoms with Gasteiger partial charge in [-0.1, -0.05) is 24.3 Å². The van der Waals surface area contributed by atoms with Gasteiger partial charge < -0.3 is 0 Å². The summed E-state index contributed by atoms with van der Waals surface area (Å²) >= 11 is 3.29. The van der Waals surface area contributed by atoms with E-state index in [4.69, 9.17) is 19.9 Å². The second kappa shape index (κ2) is 10.5. The predicted molar refractivity (Wildman–Crippen MR) is 225 cm³/mol. The van der Waals surface area contributed by atoms with Gasteiger partial charge in [0, 0.05) is 111 Å². The SMILES string of the molecule is Cc1ccc(-c2c3nc4c(nc3c(-c3ccc(C)s3)c3nc5c(nc23)-c2ccc3c6c(ccc-5c26)C(=O)N(C)C3=O)-c2ccc3c5c(ccc-4c25)C(=O)N(C)C3=O)s1. The summed E-state index contributed by atoms with van der Waals surface area (Å²) in [5, 5.41) is 2.87. The fourth-order valence-electron chi connectivity index (χ4n) is 9.55. The molecule has 0 saturated carbocycles. The Kier molecular flexibility index (Phi) is 5.80. The van der Waals surface area contributed by atoms with E-state index >= 15 is 0 Å². The molecule has 6 heterocycles. The van der Waals surface area contributed by atoms with Crippen LogP contribution in [0.3, 0.4) is 0 Å². The van der Waals surface area contributed by atoms with Gasteiger partial charge in [0.15, 0.2) is 0 Å². The average molecular weight is 789 g/mol. The Labute approximate surface area is 336 Å². The minimum absolute atomic E-state index is 0.335. The Morgan fingerprint density at radius 3 is 0.897 bits per heavy atom. The van der Waals surface area contributed by atoms with Gasteiger partial charge in [-0.15, -0.1) is 22.7 Å². The highest BCUT2D eigenvalue weighted by atomic mass is 32.1. The first-order valence-electron chi connectivity index (χ1n) is 18.7. The summed E-state index contributed by atoms with van der Waals surface area (Å²) < 4.78 is 0. The molecule has 2 aliphatic carbocycles. The van der Waals surface area contributed by atoms with Crippen molar-refractivity contribution in [3.05, 3.63) is 105 Å².